The molecule has 0 aliphatic rings. The van der Waals surface area contributed by atoms with E-state index in [2.05, 4.69) is 32.7 Å². The average molecular weight is 127 g/mol. The number of rotatable bonds is 4. The van der Waals surface area contributed by atoms with Crippen LogP contribution in [-0.4, -0.2) is 12.6 Å². The quantitative estimate of drug-likeness (QED) is 0.569. The molecule has 0 spiro atoms. The van der Waals surface area contributed by atoms with Gasteiger partial charge in [-0.1, -0.05) is 32.9 Å². The summed E-state index contributed by atoms with van der Waals surface area (Å²) in [5.74, 6) is 0. The first-order valence-corrected chi connectivity index (χ1v) is 3.56. The third-order valence-corrected chi connectivity index (χ3v) is 1.26. The second-order valence-corrected chi connectivity index (χ2v) is 2.64. The lowest BCUT2D eigenvalue weighted by molar-refractivity contribution is 0.616. The molecule has 0 aromatic rings. The Hall–Kier alpha value is -0.300. The Morgan fingerprint density at radius 1 is 1.56 bits per heavy atom. The van der Waals surface area contributed by atoms with Gasteiger partial charge in [0.15, 0.2) is 0 Å². The maximum atomic E-state index is 3.88. The van der Waals surface area contributed by atoms with Gasteiger partial charge >= 0.3 is 0 Å². The van der Waals surface area contributed by atoms with Gasteiger partial charge in [-0.2, -0.15) is 0 Å². The average Bonchev–Trinajstić information content (AvgIpc) is 1.83. The Bertz CT molecular complexity index is 84.6. The molecular weight excluding hydrogens is 110 g/mol. The molecule has 0 rings (SSSR count). The van der Waals surface area contributed by atoms with Crippen molar-refractivity contribution in [2.45, 2.75) is 33.2 Å². The van der Waals surface area contributed by atoms with Crippen LogP contribution < -0.4 is 5.32 Å². The first-order valence-electron chi connectivity index (χ1n) is 3.56. The number of hydrogen-bond donors (Lipinski definition) is 1. The molecule has 0 aliphatic carbocycles. The zero-order valence-corrected chi connectivity index (χ0v) is 6.70. The topological polar surface area (TPSA) is 12.0 Å². The normalized spacial score (nSPS) is 10.2. The Balaban J connectivity index is 3.17. The molecule has 0 bridgehead atoms. The third-order valence-electron chi connectivity index (χ3n) is 1.26. The summed E-state index contributed by atoms with van der Waals surface area (Å²) >= 11 is 0. The second-order valence-electron chi connectivity index (χ2n) is 2.64. The maximum Gasteiger partial charge on any atom is 0.0164 e. The monoisotopic (exact) mass is 127 g/mol. The summed E-state index contributed by atoms with van der Waals surface area (Å²) in [6, 6.07) is 0.577. The van der Waals surface area contributed by atoms with Gasteiger partial charge in [-0.25, -0.2) is 0 Å². The van der Waals surface area contributed by atoms with Crippen LogP contribution in [0.5, 0.6) is 0 Å². The smallest absolute Gasteiger partial charge is 0.0164 e. The van der Waals surface area contributed by atoms with Gasteiger partial charge in [0.2, 0.25) is 0 Å². The summed E-state index contributed by atoms with van der Waals surface area (Å²) in [7, 11) is 0. The van der Waals surface area contributed by atoms with E-state index in [1.807, 2.05) is 0 Å². The highest BCUT2D eigenvalue weighted by Gasteiger charge is 1.91. The van der Waals surface area contributed by atoms with E-state index >= 15 is 0 Å². The Morgan fingerprint density at radius 2 is 2.11 bits per heavy atom. The molecule has 1 nitrogen and oxygen atoms in total. The molecule has 0 unspecified atom stereocenters. The molecule has 0 atom stereocenters. The van der Waals surface area contributed by atoms with Gasteiger partial charge in [0.05, 0.1) is 0 Å². The standard InChI is InChI=1S/C8H17N/c1-5-8(4)6-9-7(2)3/h7,9H,4-6H2,1-3H3. The molecule has 0 saturated carbocycles. The van der Waals surface area contributed by atoms with E-state index in [4.69, 9.17) is 0 Å². The minimum atomic E-state index is 0.577. The Labute approximate surface area is 58.2 Å². The van der Waals surface area contributed by atoms with Crippen LogP contribution in [0.3, 0.4) is 0 Å². The predicted molar refractivity (Wildman–Crippen MR) is 42.6 cm³/mol. The largest absolute Gasteiger partial charge is 0.311 e. The molecule has 0 saturated heterocycles. The van der Waals surface area contributed by atoms with Crippen LogP contribution in [0.4, 0.5) is 0 Å². The van der Waals surface area contributed by atoms with E-state index in [0.717, 1.165) is 13.0 Å². The van der Waals surface area contributed by atoms with Crippen molar-refractivity contribution in [2.75, 3.05) is 6.54 Å². The number of nitrogens with one attached hydrogen (secondary N) is 1. The first kappa shape index (κ1) is 8.70. The summed E-state index contributed by atoms with van der Waals surface area (Å²) in [5.41, 5.74) is 1.28. The zero-order chi connectivity index (χ0) is 7.28. The first-order chi connectivity index (χ1) is 4.16. The molecule has 0 aromatic heterocycles. The van der Waals surface area contributed by atoms with Crippen molar-refractivity contribution < 1.29 is 0 Å². The molecule has 0 aliphatic heterocycles. The van der Waals surface area contributed by atoms with Crippen LogP contribution in [0.15, 0.2) is 12.2 Å². The van der Waals surface area contributed by atoms with Gasteiger partial charge in [-0.05, 0) is 6.42 Å². The van der Waals surface area contributed by atoms with E-state index in [1.54, 1.807) is 0 Å². The van der Waals surface area contributed by atoms with E-state index in [0.29, 0.717) is 6.04 Å². The lowest BCUT2D eigenvalue weighted by atomic mass is 10.2. The Kier molecular flexibility index (Phi) is 4.41. The van der Waals surface area contributed by atoms with Crippen LogP contribution in [-0.2, 0) is 0 Å². The van der Waals surface area contributed by atoms with E-state index in [9.17, 15) is 0 Å². The van der Waals surface area contributed by atoms with Crippen LogP contribution in [0.2, 0.25) is 0 Å². The molecular formula is C8H17N. The fraction of sp³-hybridized carbons (Fsp3) is 0.750. The molecule has 0 fully saturated rings. The minimum Gasteiger partial charge on any atom is -0.311 e. The van der Waals surface area contributed by atoms with Gasteiger partial charge in [0, 0.05) is 12.6 Å². The maximum absolute atomic E-state index is 3.88. The summed E-state index contributed by atoms with van der Waals surface area (Å²) in [6.45, 7) is 11.3. The van der Waals surface area contributed by atoms with Gasteiger partial charge in [-0.15, -0.1) is 0 Å². The van der Waals surface area contributed by atoms with Crippen molar-refractivity contribution in [1.29, 1.82) is 0 Å². The van der Waals surface area contributed by atoms with Crippen molar-refractivity contribution >= 4 is 0 Å². The highest BCUT2D eigenvalue weighted by atomic mass is 14.9. The molecule has 0 amide bonds. The third kappa shape index (κ3) is 5.57. The molecule has 9 heavy (non-hydrogen) atoms. The Morgan fingerprint density at radius 3 is 2.44 bits per heavy atom. The summed E-state index contributed by atoms with van der Waals surface area (Å²) in [5, 5.41) is 3.30. The molecule has 1 heteroatoms. The molecule has 0 radical (unpaired) electrons. The van der Waals surface area contributed by atoms with Crippen molar-refractivity contribution in [3.8, 4) is 0 Å². The summed E-state index contributed by atoms with van der Waals surface area (Å²) < 4.78 is 0. The predicted octanol–water partition coefficient (Wildman–Crippen LogP) is 1.95. The second kappa shape index (κ2) is 4.57. The van der Waals surface area contributed by atoms with Gasteiger partial charge in [0.25, 0.3) is 0 Å². The van der Waals surface area contributed by atoms with Crippen molar-refractivity contribution in [1.82, 2.24) is 5.32 Å². The van der Waals surface area contributed by atoms with Crippen molar-refractivity contribution in [3.63, 3.8) is 0 Å². The zero-order valence-electron chi connectivity index (χ0n) is 6.70. The fourth-order valence-corrected chi connectivity index (χ4v) is 0.473. The number of hydrogen-bond acceptors (Lipinski definition) is 1. The molecule has 1 N–H and O–H groups in total. The molecule has 0 aromatic carbocycles. The van der Waals surface area contributed by atoms with Crippen LogP contribution in [0.25, 0.3) is 0 Å². The van der Waals surface area contributed by atoms with Crippen molar-refractivity contribution in [3.05, 3.63) is 12.2 Å². The van der Waals surface area contributed by atoms with E-state index < -0.39 is 0 Å². The van der Waals surface area contributed by atoms with Crippen molar-refractivity contribution in [2.24, 2.45) is 0 Å². The van der Waals surface area contributed by atoms with Crippen LogP contribution >= 0.6 is 0 Å². The summed E-state index contributed by atoms with van der Waals surface area (Å²) in [6.07, 6.45) is 1.08. The van der Waals surface area contributed by atoms with Gasteiger partial charge in [0.1, 0.15) is 0 Å². The fourth-order valence-electron chi connectivity index (χ4n) is 0.473. The molecule has 0 heterocycles. The van der Waals surface area contributed by atoms with Gasteiger partial charge in [-0.3, -0.25) is 0 Å². The van der Waals surface area contributed by atoms with E-state index in [1.165, 1.54) is 5.57 Å². The van der Waals surface area contributed by atoms with E-state index in [-0.39, 0.29) is 0 Å². The summed E-state index contributed by atoms with van der Waals surface area (Å²) in [4.78, 5) is 0. The highest BCUT2D eigenvalue weighted by molar-refractivity contribution is 4.95. The SMILES string of the molecule is C=C(CC)CNC(C)C. The van der Waals surface area contributed by atoms with Crippen LogP contribution in [0.1, 0.15) is 27.2 Å². The minimum absolute atomic E-state index is 0.577. The highest BCUT2D eigenvalue weighted by Crippen LogP contribution is 1.93. The van der Waals surface area contributed by atoms with Crippen LogP contribution in [0, 0.1) is 0 Å². The lowest BCUT2D eigenvalue weighted by Gasteiger charge is -2.07. The lowest BCUT2D eigenvalue weighted by Crippen LogP contribution is -2.24. The molecule has 54 valence electrons. The van der Waals surface area contributed by atoms with Gasteiger partial charge < -0.3 is 5.32 Å².